The van der Waals surface area contributed by atoms with Crippen LogP contribution in [0.15, 0.2) is 71.6 Å². The van der Waals surface area contributed by atoms with Crippen LogP contribution in [0.25, 0.3) is 11.1 Å². The van der Waals surface area contributed by atoms with Gasteiger partial charge in [0, 0.05) is 13.1 Å². The molecule has 34 heavy (non-hydrogen) atoms. The second kappa shape index (κ2) is 9.71. The molecule has 0 amide bonds. The number of nitriles is 1. The first-order chi connectivity index (χ1) is 16.3. The van der Waals surface area contributed by atoms with Crippen molar-refractivity contribution in [3.05, 3.63) is 83.9 Å². The zero-order chi connectivity index (χ0) is 24.3. The number of sulfonamides is 1. The molecule has 0 atom stereocenters. The first-order valence-electron chi connectivity index (χ1n) is 10.6. The summed E-state index contributed by atoms with van der Waals surface area (Å²) >= 11 is 0. The molecule has 0 aromatic heterocycles. The summed E-state index contributed by atoms with van der Waals surface area (Å²) in [6.07, 6.45) is 0.510. The average Bonchev–Trinajstić information content (AvgIpc) is 2.86. The van der Waals surface area contributed by atoms with Gasteiger partial charge >= 0.3 is 5.97 Å². The highest BCUT2D eigenvalue weighted by atomic mass is 32.2. The van der Waals surface area contributed by atoms with Crippen LogP contribution in [0.5, 0.6) is 5.75 Å². The average molecular weight is 483 g/mol. The minimum atomic E-state index is -3.99. The fourth-order valence-electron chi connectivity index (χ4n) is 3.77. The van der Waals surface area contributed by atoms with Crippen molar-refractivity contribution in [2.75, 3.05) is 13.1 Å². The van der Waals surface area contributed by atoms with Crippen molar-refractivity contribution < 1.29 is 26.7 Å². The van der Waals surface area contributed by atoms with Crippen molar-refractivity contribution >= 4 is 16.0 Å². The molecular formula is C25H20F2N2O4S. The topological polar surface area (TPSA) is 87.5 Å². The highest BCUT2D eigenvalue weighted by Crippen LogP contribution is 2.27. The smallest absolute Gasteiger partial charge is 0.314 e. The van der Waals surface area contributed by atoms with Crippen LogP contribution in [0.3, 0.4) is 0 Å². The van der Waals surface area contributed by atoms with E-state index in [1.807, 2.05) is 12.1 Å². The summed E-state index contributed by atoms with van der Waals surface area (Å²) in [6, 6.07) is 18.6. The fourth-order valence-corrected chi connectivity index (χ4v) is 5.25. The molecule has 0 spiro atoms. The normalized spacial score (nSPS) is 15.0. The van der Waals surface area contributed by atoms with Crippen LogP contribution in [0, 0.1) is 28.9 Å². The lowest BCUT2D eigenvalue weighted by Gasteiger charge is -2.30. The lowest BCUT2D eigenvalue weighted by molar-refractivity contribution is -0.140. The van der Waals surface area contributed by atoms with Gasteiger partial charge in [0.2, 0.25) is 10.0 Å². The van der Waals surface area contributed by atoms with Crippen LogP contribution in [-0.2, 0) is 14.8 Å². The molecule has 3 aromatic carbocycles. The summed E-state index contributed by atoms with van der Waals surface area (Å²) in [5.41, 5.74) is 2.39. The molecule has 9 heteroatoms. The molecule has 0 aliphatic carbocycles. The van der Waals surface area contributed by atoms with Crippen molar-refractivity contribution in [1.82, 2.24) is 4.31 Å². The van der Waals surface area contributed by atoms with E-state index in [0.717, 1.165) is 27.6 Å². The van der Waals surface area contributed by atoms with Crippen LogP contribution < -0.4 is 4.74 Å². The van der Waals surface area contributed by atoms with E-state index in [2.05, 4.69) is 6.07 Å². The summed E-state index contributed by atoms with van der Waals surface area (Å²) in [6.45, 7) is 0.136. The van der Waals surface area contributed by atoms with Crippen LogP contribution in [0.2, 0.25) is 0 Å². The van der Waals surface area contributed by atoms with Crippen molar-refractivity contribution in [2.24, 2.45) is 5.92 Å². The molecular weight excluding hydrogens is 462 g/mol. The van der Waals surface area contributed by atoms with Gasteiger partial charge in [-0.25, -0.2) is 17.2 Å². The summed E-state index contributed by atoms with van der Waals surface area (Å²) < 4.78 is 58.7. The Balaban J connectivity index is 1.35. The van der Waals surface area contributed by atoms with Crippen LogP contribution in [-0.4, -0.2) is 31.8 Å². The quantitative estimate of drug-likeness (QED) is 0.395. The zero-order valence-corrected chi connectivity index (χ0v) is 18.8. The summed E-state index contributed by atoms with van der Waals surface area (Å²) in [7, 11) is -3.99. The van der Waals surface area contributed by atoms with Crippen LogP contribution in [0.1, 0.15) is 18.4 Å². The van der Waals surface area contributed by atoms with Gasteiger partial charge in [-0.1, -0.05) is 24.3 Å². The van der Waals surface area contributed by atoms with Gasteiger partial charge in [0.25, 0.3) is 0 Å². The fraction of sp³-hybridized carbons (Fsp3) is 0.200. The van der Waals surface area contributed by atoms with Crippen molar-refractivity contribution in [3.8, 4) is 22.9 Å². The van der Waals surface area contributed by atoms with Gasteiger partial charge < -0.3 is 4.74 Å². The van der Waals surface area contributed by atoms with Gasteiger partial charge in [0.15, 0.2) is 11.6 Å². The Morgan fingerprint density at radius 2 is 1.50 bits per heavy atom. The van der Waals surface area contributed by atoms with Gasteiger partial charge in [-0.3, -0.25) is 4.79 Å². The minimum Gasteiger partial charge on any atom is -0.426 e. The maximum Gasteiger partial charge on any atom is 0.314 e. The molecule has 0 unspecified atom stereocenters. The summed E-state index contributed by atoms with van der Waals surface area (Å²) in [5.74, 6) is -2.90. The molecule has 0 bridgehead atoms. The highest BCUT2D eigenvalue weighted by molar-refractivity contribution is 7.89. The molecule has 3 aromatic rings. The monoisotopic (exact) mass is 482 g/mol. The second-order valence-electron chi connectivity index (χ2n) is 7.89. The van der Waals surface area contributed by atoms with E-state index in [9.17, 15) is 22.0 Å². The molecule has 0 N–H and O–H groups in total. The number of nitrogens with zero attached hydrogens (tertiary/aromatic N) is 2. The Hall–Kier alpha value is -3.61. The molecule has 1 aliphatic heterocycles. The highest BCUT2D eigenvalue weighted by Gasteiger charge is 2.33. The molecule has 1 aliphatic rings. The Morgan fingerprint density at radius 1 is 0.912 bits per heavy atom. The standard InChI is InChI=1S/C25H20F2N2O4S/c26-23-10-9-22(15-24(23)27)34(31,32)29-13-11-20(12-14-29)25(30)33-21-7-5-19(6-8-21)18-3-1-17(16-28)2-4-18/h1-10,15,20H,11-14H2. The number of ether oxygens (including phenoxy) is 1. The maximum atomic E-state index is 13.5. The first kappa shape index (κ1) is 23.5. The molecule has 1 fully saturated rings. The third-order valence-electron chi connectivity index (χ3n) is 5.74. The predicted octanol–water partition coefficient (Wildman–Crippen LogP) is 4.51. The molecule has 6 nitrogen and oxygen atoms in total. The number of carbonyl (C=O) groups excluding carboxylic acids is 1. The van der Waals surface area contributed by atoms with Gasteiger partial charge in [0.1, 0.15) is 5.75 Å². The van der Waals surface area contributed by atoms with E-state index in [0.29, 0.717) is 17.4 Å². The molecule has 4 rings (SSSR count). The lowest BCUT2D eigenvalue weighted by atomic mass is 9.98. The first-order valence-corrected chi connectivity index (χ1v) is 12.0. The third kappa shape index (κ3) is 4.98. The number of hydrogen-bond acceptors (Lipinski definition) is 5. The Labute approximate surface area is 196 Å². The van der Waals surface area contributed by atoms with Crippen LogP contribution in [0.4, 0.5) is 8.78 Å². The Morgan fingerprint density at radius 3 is 2.06 bits per heavy atom. The van der Waals surface area contributed by atoms with E-state index in [-0.39, 0.29) is 30.8 Å². The van der Waals surface area contributed by atoms with E-state index < -0.39 is 33.5 Å². The number of rotatable bonds is 5. The predicted molar refractivity (Wildman–Crippen MR) is 120 cm³/mol. The van der Waals surface area contributed by atoms with E-state index in [4.69, 9.17) is 10.00 Å². The molecule has 1 saturated heterocycles. The van der Waals surface area contributed by atoms with Crippen molar-refractivity contribution in [1.29, 1.82) is 5.26 Å². The molecule has 174 valence electrons. The minimum absolute atomic E-state index is 0.0682. The molecule has 0 saturated carbocycles. The summed E-state index contributed by atoms with van der Waals surface area (Å²) in [5, 5.41) is 8.90. The lowest BCUT2D eigenvalue weighted by Crippen LogP contribution is -2.41. The van der Waals surface area contributed by atoms with Gasteiger partial charge in [-0.05, 0) is 66.4 Å². The number of halogens is 2. The van der Waals surface area contributed by atoms with Crippen molar-refractivity contribution in [3.63, 3.8) is 0 Å². The largest absolute Gasteiger partial charge is 0.426 e. The SMILES string of the molecule is N#Cc1ccc(-c2ccc(OC(=O)C3CCN(S(=O)(=O)c4ccc(F)c(F)c4)CC3)cc2)cc1. The molecule has 0 radical (unpaired) electrons. The number of hydrogen-bond donors (Lipinski definition) is 0. The summed E-state index contributed by atoms with van der Waals surface area (Å²) in [4.78, 5) is 12.3. The maximum absolute atomic E-state index is 13.5. The Bertz CT molecular complexity index is 1340. The number of esters is 1. The molecule has 1 heterocycles. The zero-order valence-electron chi connectivity index (χ0n) is 17.9. The second-order valence-corrected chi connectivity index (χ2v) is 9.83. The van der Waals surface area contributed by atoms with E-state index >= 15 is 0 Å². The van der Waals surface area contributed by atoms with Gasteiger partial charge in [-0.2, -0.15) is 9.57 Å². The van der Waals surface area contributed by atoms with Gasteiger partial charge in [-0.15, -0.1) is 0 Å². The number of benzene rings is 3. The Kier molecular flexibility index (Phi) is 6.72. The van der Waals surface area contributed by atoms with Gasteiger partial charge in [0.05, 0.1) is 22.4 Å². The van der Waals surface area contributed by atoms with E-state index in [1.54, 1.807) is 36.4 Å². The number of carbonyl (C=O) groups is 1. The van der Waals surface area contributed by atoms with Crippen molar-refractivity contribution in [2.45, 2.75) is 17.7 Å². The van der Waals surface area contributed by atoms with E-state index in [1.165, 1.54) is 0 Å². The number of piperidine rings is 1. The third-order valence-corrected chi connectivity index (χ3v) is 7.63. The van der Waals surface area contributed by atoms with Crippen LogP contribution >= 0.6 is 0 Å².